The molecule has 4 rings (SSSR count). The van der Waals surface area contributed by atoms with Crippen molar-refractivity contribution in [1.29, 1.82) is 0 Å². The molecule has 0 bridgehead atoms. The summed E-state index contributed by atoms with van der Waals surface area (Å²) in [5.74, 6) is -0.0469. The molecule has 7 heteroatoms. The van der Waals surface area contributed by atoms with Gasteiger partial charge in [0.15, 0.2) is 5.69 Å². The van der Waals surface area contributed by atoms with E-state index in [1.54, 1.807) is 22.6 Å². The molecule has 2 N–H and O–H groups in total. The number of amides is 1. The first-order valence-corrected chi connectivity index (χ1v) is 7.59. The number of aromatic amines is 2. The highest BCUT2D eigenvalue weighted by Crippen LogP contribution is 2.24. The van der Waals surface area contributed by atoms with Crippen molar-refractivity contribution in [3.8, 4) is 10.6 Å². The van der Waals surface area contributed by atoms with E-state index in [0.717, 1.165) is 28.4 Å². The van der Waals surface area contributed by atoms with Gasteiger partial charge in [0.2, 0.25) is 0 Å². The van der Waals surface area contributed by atoms with Gasteiger partial charge in [0, 0.05) is 13.0 Å². The lowest BCUT2D eigenvalue weighted by molar-refractivity contribution is 0.0726. The summed E-state index contributed by atoms with van der Waals surface area (Å²) in [6.07, 6.45) is 2.47. The van der Waals surface area contributed by atoms with Crippen molar-refractivity contribution in [3.63, 3.8) is 0 Å². The van der Waals surface area contributed by atoms with E-state index in [0.29, 0.717) is 18.8 Å². The summed E-state index contributed by atoms with van der Waals surface area (Å²) in [6, 6.07) is 5.80. The first-order chi connectivity index (χ1) is 10.3. The summed E-state index contributed by atoms with van der Waals surface area (Å²) < 4.78 is 0. The zero-order valence-electron chi connectivity index (χ0n) is 11.2. The van der Waals surface area contributed by atoms with Crippen LogP contribution in [0.3, 0.4) is 0 Å². The number of aromatic nitrogens is 4. The molecular formula is C14H13N5OS. The summed E-state index contributed by atoms with van der Waals surface area (Å²) in [4.78, 5) is 22.7. The molecule has 0 aromatic carbocycles. The second kappa shape index (κ2) is 4.85. The number of rotatable bonds is 2. The average molecular weight is 299 g/mol. The highest BCUT2D eigenvalue weighted by molar-refractivity contribution is 7.13. The second-order valence-corrected chi connectivity index (χ2v) is 5.90. The highest BCUT2D eigenvalue weighted by Gasteiger charge is 2.25. The molecule has 3 aromatic heterocycles. The van der Waals surface area contributed by atoms with E-state index < -0.39 is 0 Å². The maximum absolute atomic E-state index is 12.5. The summed E-state index contributed by atoms with van der Waals surface area (Å²) in [5.41, 5.74) is 3.41. The Morgan fingerprint density at radius 1 is 1.43 bits per heavy atom. The second-order valence-electron chi connectivity index (χ2n) is 4.95. The summed E-state index contributed by atoms with van der Waals surface area (Å²) >= 11 is 1.62. The summed E-state index contributed by atoms with van der Waals surface area (Å²) in [6.45, 7) is 1.24. The highest BCUT2D eigenvalue weighted by atomic mass is 32.1. The number of hydrogen-bond donors (Lipinski definition) is 2. The Kier molecular flexibility index (Phi) is 2.85. The molecule has 1 aliphatic heterocycles. The van der Waals surface area contributed by atoms with Crippen molar-refractivity contribution in [2.75, 3.05) is 6.54 Å². The van der Waals surface area contributed by atoms with E-state index in [4.69, 9.17) is 0 Å². The number of carbonyl (C=O) groups is 1. The Balaban J connectivity index is 1.56. The van der Waals surface area contributed by atoms with Crippen molar-refractivity contribution >= 4 is 17.2 Å². The van der Waals surface area contributed by atoms with Gasteiger partial charge in [0.1, 0.15) is 0 Å². The molecule has 0 aliphatic carbocycles. The molecular weight excluding hydrogens is 286 g/mol. The Bertz CT molecular complexity index is 773. The molecule has 106 valence electrons. The molecule has 0 unspecified atom stereocenters. The molecule has 1 amide bonds. The number of nitrogens with zero attached hydrogens (tertiary/aromatic N) is 3. The van der Waals surface area contributed by atoms with Crippen molar-refractivity contribution in [3.05, 3.63) is 47.0 Å². The van der Waals surface area contributed by atoms with Crippen molar-refractivity contribution in [2.45, 2.75) is 13.0 Å². The molecule has 21 heavy (non-hydrogen) atoms. The molecule has 0 atom stereocenters. The zero-order chi connectivity index (χ0) is 14.2. The monoisotopic (exact) mass is 299 g/mol. The average Bonchev–Trinajstić information content (AvgIpc) is 3.24. The van der Waals surface area contributed by atoms with E-state index in [-0.39, 0.29) is 5.91 Å². The van der Waals surface area contributed by atoms with Crippen LogP contribution in [0.4, 0.5) is 0 Å². The first kappa shape index (κ1) is 12.3. The Hall–Kier alpha value is -2.41. The minimum atomic E-state index is -0.0469. The third-order valence-corrected chi connectivity index (χ3v) is 4.55. The van der Waals surface area contributed by atoms with Crippen LogP contribution in [0.2, 0.25) is 0 Å². The van der Waals surface area contributed by atoms with Crippen LogP contribution in [0.25, 0.3) is 10.6 Å². The Morgan fingerprint density at radius 3 is 3.24 bits per heavy atom. The normalized spacial score (nSPS) is 14.2. The molecule has 0 saturated carbocycles. The molecule has 4 heterocycles. The largest absolute Gasteiger partial charge is 0.347 e. The predicted octanol–water partition coefficient (Wildman–Crippen LogP) is 2.06. The van der Waals surface area contributed by atoms with Crippen molar-refractivity contribution in [1.82, 2.24) is 25.1 Å². The fraction of sp³-hybridized carbons (Fsp3) is 0.214. The van der Waals surface area contributed by atoms with E-state index in [1.165, 1.54) is 0 Å². The van der Waals surface area contributed by atoms with Gasteiger partial charge in [-0.05, 0) is 17.5 Å². The minimum absolute atomic E-state index is 0.0469. The molecule has 0 spiro atoms. The molecule has 6 nitrogen and oxygen atoms in total. The van der Waals surface area contributed by atoms with E-state index >= 15 is 0 Å². The Morgan fingerprint density at radius 2 is 2.38 bits per heavy atom. The lowest BCUT2D eigenvalue weighted by Gasteiger charge is -2.25. The van der Waals surface area contributed by atoms with Gasteiger partial charge in [-0.3, -0.25) is 9.89 Å². The fourth-order valence-corrected chi connectivity index (χ4v) is 3.23. The first-order valence-electron chi connectivity index (χ1n) is 6.71. The number of nitrogens with one attached hydrogen (secondary N) is 2. The maximum Gasteiger partial charge on any atom is 0.274 e. The van der Waals surface area contributed by atoms with E-state index in [9.17, 15) is 4.79 Å². The summed E-state index contributed by atoms with van der Waals surface area (Å²) in [5, 5.41) is 9.09. The zero-order valence-corrected chi connectivity index (χ0v) is 12.0. The fourth-order valence-electron chi connectivity index (χ4n) is 2.54. The number of carbonyl (C=O) groups excluding carboxylic acids is 1. The van der Waals surface area contributed by atoms with Gasteiger partial charge >= 0.3 is 0 Å². The van der Waals surface area contributed by atoms with Crippen LogP contribution in [-0.4, -0.2) is 37.5 Å². The van der Waals surface area contributed by atoms with Crippen molar-refractivity contribution in [2.24, 2.45) is 0 Å². The molecule has 0 saturated heterocycles. The number of fused-ring (bicyclic) bond motifs is 1. The molecule has 1 aliphatic rings. The lowest BCUT2D eigenvalue weighted by atomic mass is 10.1. The maximum atomic E-state index is 12.5. The van der Waals surface area contributed by atoms with E-state index in [2.05, 4.69) is 20.2 Å². The van der Waals surface area contributed by atoms with Crippen LogP contribution in [-0.2, 0) is 13.0 Å². The van der Waals surface area contributed by atoms with E-state index in [1.807, 2.05) is 23.6 Å². The third kappa shape index (κ3) is 2.15. The standard InChI is InChI=1S/C14H13N5OS/c20-14(19-4-3-9-12(7-19)16-8-15-9)11-6-10(17-18-11)13-2-1-5-21-13/h1-2,5-6,8H,3-4,7H2,(H,15,16)(H,17,18). The van der Waals surface area contributed by atoms with Gasteiger partial charge < -0.3 is 9.88 Å². The van der Waals surface area contributed by atoms with Crippen LogP contribution >= 0.6 is 11.3 Å². The van der Waals surface area contributed by atoms with Gasteiger partial charge in [-0.1, -0.05) is 6.07 Å². The number of imidazole rings is 1. The summed E-state index contributed by atoms with van der Waals surface area (Å²) in [7, 11) is 0. The minimum Gasteiger partial charge on any atom is -0.347 e. The van der Waals surface area contributed by atoms with Gasteiger partial charge in [-0.25, -0.2) is 4.98 Å². The lowest BCUT2D eigenvalue weighted by Crippen LogP contribution is -2.36. The van der Waals surface area contributed by atoms with Gasteiger partial charge in [-0.15, -0.1) is 11.3 Å². The van der Waals surface area contributed by atoms with Crippen molar-refractivity contribution < 1.29 is 4.79 Å². The van der Waals surface area contributed by atoms with Crippen LogP contribution in [0.1, 0.15) is 21.9 Å². The van der Waals surface area contributed by atoms with Gasteiger partial charge in [0.25, 0.3) is 5.91 Å². The number of hydrogen-bond acceptors (Lipinski definition) is 4. The Labute approximate surface area is 124 Å². The third-order valence-electron chi connectivity index (χ3n) is 3.65. The van der Waals surface area contributed by atoms with Crippen LogP contribution in [0, 0.1) is 0 Å². The molecule has 0 radical (unpaired) electrons. The van der Waals surface area contributed by atoms with Gasteiger partial charge in [0.05, 0.1) is 34.8 Å². The van der Waals surface area contributed by atoms with Gasteiger partial charge in [-0.2, -0.15) is 5.10 Å². The topological polar surface area (TPSA) is 77.7 Å². The van der Waals surface area contributed by atoms with Crippen LogP contribution in [0.15, 0.2) is 29.9 Å². The number of thiophene rings is 1. The van der Waals surface area contributed by atoms with Crippen LogP contribution < -0.4 is 0 Å². The predicted molar refractivity (Wildman–Crippen MR) is 78.9 cm³/mol. The quantitative estimate of drug-likeness (QED) is 0.760. The SMILES string of the molecule is O=C(c1cc(-c2cccs2)[nH]n1)N1CCc2nc[nH]c2C1. The smallest absolute Gasteiger partial charge is 0.274 e. The molecule has 3 aromatic rings. The molecule has 0 fully saturated rings. The number of H-pyrrole nitrogens is 2. The van der Waals surface area contributed by atoms with Crippen LogP contribution in [0.5, 0.6) is 0 Å².